The molecule has 1 saturated carbocycles. The molecule has 0 radical (unpaired) electrons. The van der Waals surface area contributed by atoms with Gasteiger partial charge >= 0.3 is 57.6 Å². The molecule has 0 unspecified atom stereocenters. The van der Waals surface area contributed by atoms with Crippen molar-refractivity contribution in [1.29, 1.82) is 0 Å². The van der Waals surface area contributed by atoms with E-state index in [1.165, 1.54) is 0 Å². The van der Waals surface area contributed by atoms with Crippen molar-refractivity contribution in [2.75, 3.05) is 0 Å². The Kier molecular flexibility index (Phi) is 3.92. The maximum atomic E-state index is 11.9. The van der Waals surface area contributed by atoms with E-state index < -0.39 is 11.6 Å². The Balaban J connectivity index is 0.000000810. The van der Waals surface area contributed by atoms with E-state index in [1.807, 2.05) is 0 Å². The molecule has 1 aliphatic rings. The quantitative estimate of drug-likeness (QED) is 0.375. The van der Waals surface area contributed by atoms with Crippen molar-refractivity contribution in [2.24, 2.45) is 5.41 Å². The zero-order chi connectivity index (χ0) is 7.12. The molecule has 1 rings (SSSR count). The van der Waals surface area contributed by atoms with Crippen LogP contribution in [0.15, 0.2) is 0 Å². The van der Waals surface area contributed by atoms with Gasteiger partial charge in [0.05, 0.1) is 0 Å². The molecule has 0 aliphatic heterocycles. The third-order valence-electron chi connectivity index (χ3n) is 1.93. The van der Waals surface area contributed by atoms with E-state index in [1.54, 1.807) is 0 Å². The molecule has 0 saturated heterocycles. The molecule has 0 spiro atoms. The van der Waals surface area contributed by atoms with Crippen molar-refractivity contribution in [3.8, 4) is 0 Å². The van der Waals surface area contributed by atoms with Gasteiger partial charge in [0.1, 0.15) is 0 Å². The van der Waals surface area contributed by atoms with Gasteiger partial charge in [0.2, 0.25) is 0 Å². The summed E-state index contributed by atoms with van der Waals surface area (Å²) < 4.78 is 35.6. The summed E-state index contributed by atoms with van der Waals surface area (Å²) in [5, 5.41) is 0. The summed E-state index contributed by atoms with van der Waals surface area (Å²) in [6, 6.07) is 0. The normalized spacial score (nSPS) is 21.6. The van der Waals surface area contributed by atoms with Crippen LogP contribution in [0, 0.1) is 12.3 Å². The maximum absolute atomic E-state index is 11.9. The molecule has 0 aromatic carbocycles. The second-order valence-electron chi connectivity index (χ2n) is 2.53. The summed E-state index contributed by atoms with van der Waals surface area (Å²) in [6.07, 6.45) is -3.45. The van der Waals surface area contributed by atoms with Crippen LogP contribution >= 0.6 is 0 Å². The smallest absolute Gasteiger partial charge is 0.342 e. The monoisotopic (exact) mass is 176 g/mol. The molecule has 0 aromatic rings. The van der Waals surface area contributed by atoms with Crippen LogP contribution in [0.2, 0.25) is 0 Å². The first-order valence-corrected chi connectivity index (χ1v) is 2.88. The Labute approximate surface area is 101 Å². The van der Waals surface area contributed by atoms with Gasteiger partial charge in [0.25, 0.3) is 0 Å². The van der Waals surface area contributed by atoms with Crippen LogP contribution in [0.1, 0.15) is 19.3 Å². The molecular formula is C6H8F3K. The summed E-state index contributed by atoms with van der Waals surface area (Å²) in [4.78, 5) is 0. The summed E-state index contributed by atoms with van der Waals surface area (Å²) in [5.41, 5.74) is -1.38. The Hall–Kier alpha value is 1.43. The number of hydrogen-bond donors (Lipinski definition) is 0. The molecule has 0 bridgehead atoms. The first-order chi connectivity index (χ1) is 4.02. The number of rotatable bonds is 1. The predicted octanol–water partition coefficient (Wildman–Crippen LogP) is -0.443. The average Bonchev–Trinajstić information content (AvgIpc) is 2.40. The standard InChI is InChI=1S/C6H8F3.K/c1-2-5(3-4-5)6(7,8)9;/h1-4H2;/q-1;+1. The van der Waals surface area contributed by atoms with Gasteiger partial charge in [-0.3, -0.25) is 0 Å². The molecule has 0 amide bonds. The van der Waals surface area contributed by atoms with Crippen molar-refractivity contribution in [1.82, 2.24) is 0 Å². The summed E-state index contributed by atoms with van der Waals surface area (Å²) in [5.74, 6) is 0. The SMILES string of the molecule is [CH2-]CC1(C(F)(F)F)CC1.[K+]. The van der Waals surface area contributed by atoms with Crippen LogP contribution in [-0.4, -0.2) is 6.18 Å². The molecule has 0 N–H and O–H groups in total. The van der Waals surface area contributed by atoms with Crippen molar-refractivity contribution in [3.05, 3.63) is 6.92 Å². The minimum Gasteiger partial charge on any atom is -0.342 e. The third kappa shape index (κ3) is 1.97. The fourth-order valence-electron chi connectivity index (χ4n) is 0.826. The predicted molar refractivity (Wildman–Crippen MR) is 27.7 cm³/mol. The Morgan fingerprint density at radius 1 is 1.30 bits per heavy atom. The molecule has 1 fully saturated rings. The van der Waals surface area contributed by atoms with Crippen LogP contribution in [-0.2, 0) is 0 Å². The largest absolute Gasteiger partial charge is 1.00 e. The zero-order valence-corrected chi connectivity index (χ0v) is 9.09. The fourth-order valence-corrected chi connectivity index (χ4v) is 0.826. The molecule has 0 nitrogen and oxygen atoms in total. The van der Waals surface area contributed by atoms with Crippen molar-refractivity contribution in [3.63, 3.8) is 0 Å². The number of halogens is 3. The van der Waals surface area contributed by atoms with Gasteiger partial charge in [-0.05, 0) is 12.8 Å². The Morgan fingerprint density at radius 2 is 1.70 bits per heavy atom. The topological polar surface area (TPSA) is 0 Å². The molecule has 0 aromatic heterocycles. The molecule has 0 atom stereocenters. The van der Waals surface area contributed by atoms with E-state index in [0.717, 1.165) is 0 Å². The maximum Gasteiger partial charge on any atom is 1.00 e. The van der Waals surface area contributed by atoms with E-state index in [-0.39, 0.29) is 70.6 Å². The third-order valence-corrected chi connectivity index (χ3v) is 1.93. The van der Waals surface area contributed by atoms with Crippen molar-refractivity contribution in [2.45, 2.75) is 25.4 Å². The van der Waals surface area contributed by atoms with E-state index in [2.05, 4.69) is 6.92 Å². The average molecular weight is 176 g/mol. The number of hydrogen-bond acceptors (Lipinski definition) is 0. The Bertz CT molecular complexity index is 115. The fraction of sp³-hybridized carbons (Fsp3) is 0.833. The molecule has 4 heteroatoms. The van der Waals surface area contributed by atoms with Gasteiger partial charge in [-0.1, -0.05) is 0 Å². The zero-order valence-electron chi connectivity index (χ0n) is 5.96. The second-order valence-corrected chi connectivity index (χ2v) is 2.53. The van der Waals surface area contributed by atoms with Crippen molar-refractivity contribution < 1.29 is 64.6 Å². The first-order valence-electron chi connectivity index (χ1n) is 2.88. The molecule has 0 heterocycles. The summed E-state index contributed by atoms with van der Waals surface area (Å²) >= 11 is 0. The van der Waals surface area contributed by atoms with E-state index >= 15 is 0 Å². The van der Waals surface area contributed by atoms with Gasteiger partial charge in [-0.15, -0.1) is 0 Å². The van der Waals surface area contributed by atoms with E-state index in [0.29, 0.717) is 0 Å². The van der Waals surface area contributed by atoms with Crippen LogP contribution < -0.4 is 51.4 Å². The van der Waals surface area contributed by atoms with Gasteiger partial charge in [-0.25, -0.2) is 0 Å². The van der Waals surface area contributed by atoms with Crippen molar-refractivity contribution >= 4 is 0 Å². The second kappa shape index (κ2) is 3.43. The van der Waals surface area contributed by atoms with Crippen LogP contribution in [0.3, 0.4) is 0 Å². The Morgan fingerprint density at radius 3 is 1.70 bits per heavy atom. The van der Waals surface area contributed by atoms with E-state index in [9.17, 15) is 13.2 Å². The molecule has 10 heavy (non-hydrogen) atoms. The van der Waals surface area contributed by atoms with Gasteiger partial charge < -0.3 is 6.92 Å². The molecular weight excluding hydrogens is 168 g/mol. The minimum atomic E-state index is -4.01. The van der Waals surface area contributed by atoms with Gasteiger partial charge in [0.15, 0.2) is 0 Å². The first kappa shape index (κ1) is 11.4. The summed E-state index contributed by atoms with van der Waals surface area (Å²) in [7, 11) is 0. The number of alkyl halides is 3. The van der Waals surface area contributed by atoms with Crippen LogP contribution in [0.4, 0.5) is 13.2 Å². The van der Waals surface area contributed by atoms with Gasteiger partial charge in [0, 0.05) is 5.41 Å². The summed E-state index contributed by atoms with van der Waals surface area (Å²) in [6.45, 7) is 3.27. The molecule has 54 valence electrons. The minimum absolute atomic E-state index is 0. The van der Waals surface area contributed by atoms with E-state index in [4.69, 9.17) is 0 Å². The molecule has 1 aliphatic carbocycles. The van der Waals surface area contributed by atoms with Gasteiger partial charge in [-0.2, -0.15) is 19.6 Å². The van der Waals surface area contributed by atoms with Crippen LogP contribution in [0.5, 0.6) is 0 Å². The van der Waals surface area contributed by atoms with Crippen LogP contribution in [0.25, 0.3) is 0 Å².